The Morgan fingerprint density at radius 1 is 1.05 bits per heavy atom. The van der Waals surface area contributed by atoms with Gasteiger partial charge in [0.2, 0.25) is 0 Å². The van der Waals surface area contributed by atoms with Gasteiger partial charge in [-0.05, 0) is 87.4 Å². The molecule has 1 saturated carbocycles. The van der Waals surface area contributed by atoms with Crippen molar-refractivity contribution in [2.45, 2.75) is 57.7 Å². The Hall–Kier alpha value is -2.41. The van der Waals surface area contributed by atoms with Crippen LogP contribution in [0, 0.1) is 5.92 Å². The number of rotatable bonds is 8. The molecule has 8 heteroatoms. The molecular weight excluding hydrogens is 505 g/mol. The summed E-state index contributed by atoms with van der Waals surface area (Å²) in [7, 11) is 0. The SMILES string of the molecule is CC1CN(/C(=C\N2CC3CCC2C3)Nc2ccc(C(=O)NCCc3ccc(Cl)cc3Cl)cc2)CC(C)N1. The molecule has 0 spiro atoms. The van der Waals surface area contributed by atoms with Crippen LogP contribution in [-0.2, 0) is 6.42 Å². The molecule has 2 aliphatic heterocycles. The van der Waals surface area contributed by atoms with Gasteiger partial charge in [0.05, 0.1) is 0 Å². The predicted molar refractivity (Wildman–Crippen MR) is 152 cm³/mol. The lowest BCUT2D eigenvalue weighted by molar-refractivity contribution is 0.0954. The van der Waals surface area contributed by atoms with E-state index in [0.717, 1.165) is 42.6 Å². The number of anilines is 1. The molecule has 2 aromatic carbocycles. The van der Waals surface area contributed by atoms with Gasteiger partial charge in [0.25, 0.3) is 5.91 Å². The van der Waals surface area contributed by atoms with Gasteiger partial charge < -0.3 is 25.8 Å². The van der Waals surface area contributed by atoms with Crippen LogP contribution >= 0.6 is 23.2 Å². The molecule has 0 aromatic heterocycles. The van der Waals surface area contributed by atoms with E-state index in [1.54, 1.807) is 6.07 Å². The third-order valence-electron chi connectivity index (χ3n) is 7.75. The maximum absolute atomic E-state index is 12.7. The first-order valence-corrected chi connectivity index (χ1v) is 14.2. The Morgan fingerprint density at radius 2 is 1.81 bits per heavy atom. The zero-order valence-electron chi connectivity index (χ0n) is 21.6. The van der Waals surface area contributed by atoms with Gasteiger partial charge in [0.15, 0.2) is 0 Å². The summed E-state index contributed by atoms with van der Waals surface area (Å²) in [4.78, 5) is 17.7. The molecule has 3 aliphatic rings. The number of likely N-dealkylation sites (tertiary alicyclic amines) is 1. The number of fused-ring (bicyclic) bond motifs is 2. The molecule has 4 unspecified atom stereocenters. The third kappa shape index (κ3) is 6.54. The van der Waals surface area contributed by atoms with E-state index in [-0.39, 0.29) is 5.91 Å². The molecule has 37 heavy (non-hydrogen) atoms. The molecule has 1 amide bonds. The van der Waals surface area contributed by atoms with E-state index < -0.39 is 0 Å². The molecule has 6 nitrogen and oxygen atoms in total. The van der Waals surface area contributed by atoms with Gasteiger partial charge in [0.1, 0.15) is 5.82 Å². The van der Waals surface area contributed by atoms with Crippen LogP contribution in [0.25, 0.3) is 0 Å². The molecule has 5 rings (SSSR count). The van der Waals surface area contributed by atoms with Crippen molar-refractivity contribution in [2.24, 2.45) is 5.92 Å². The van der Waals surface area contributed by atoms with Gasteiger partial charge in [-0.15, -0.1) is 0 Å². The highest BCUT2D eigenvalue weighted by Gasteiger charge is 2.37. The molecule has 4 atom stereocenters. The first-order valence-electron chi connectivity index (χ1n) is 13.4. The number of piperidine rings is 1. The van der Waals surface area contributed by atoms with Gasteiger partial charge in [-0.25, -0.2) is 0 Å². The number of halogens is 2. The van der Waals surface area contributed by atoms with Gasteiger partial charge >= 0.3 is 0 Å². The highest BCUT2D eigenvalue weighted by molar-refractivity contribution is 6.35. The van der Waals surface area contributed by atoms with Gasteiger partial charge in [-0.2, -0.15) is 0 Å². The lowest BCUT2D eigenvalue weighted by Crippen LogP contribution is -2.54. The lowest BCUT2D eigenvalue weighted by atomic mass is 10.1. The molecule has 2 saturated heterocycles. The van der Waals surface area contributed by atoms with E-state index in [1.807, 2.05) is 36.4 Å². The monoisotopic (exact) mass is 541 g/mol. The fraction of sp³-hybridized carbons (Fsp3) is 0.483. The fourth-order valence-electron chi connectivity index (χ4n) is 5.98. The summed E-state index contributed by atoms with van der Waals surface area (Å²) in [5, 5.41) is 11.5. The standard InChI is InChI=1S/C29H37Cl2N5O/c1-19-15-36(16-20(2)33-19)28(18-35-17-21-3-10-26(35)13-21)34-25-8-5-23(6-9-25)29(37)32-12-11-22-4-7-24(30)14-27(22)31/h4-9,14,18-21,26,33-34H,3,10-13,15-17H2,1-2H3,(H,32,37)/b28-18-. The normalized spacial score (nSPS) is 25.5. The molecule has 2 aromatic rings. The van der Waals surface area contributed by atoms with Crippen molar-refractivity contribution in [3.63, 3.8) is 0 Å². The highest BCUT2D eigenvalue weighted by Crippen LogP contribution is 2.38. The first-order chi connectivity index (χ1) is 17.8. The zero-order valence-corrected chi connectivity index (χ0v) is 23.2. The summed E-state index contributed by atoms with van der Waals surface area (Å²) in [6.45, 7) is 8.07. The summed E-state index contributed by atoms with van der Waals surface area (Å²) < 4.78 is 0. The smallest absolute Gasteiger partial charge is 0.251 e. The third-order valence-corrected chi connectivity index (χ3v) is 8.34. The Morgan fingerprint density at radius 3 is 2.46 bits per heavy atom. The highest BCUT2D eigenvalue weighted by atomic mass is 35.5. The second-order valence-corrected chi connectivity index (χ2v) is 11.7. The van der Waals surface area contributed by atoms with Crippen LogP contribution in [0.3, 0.4) is 0 Å². The molecular formula is C29H37Cl2N5O. The number of amides is 1. The molecule has 198 valence electrons. The minimum atomic E-state index is -0.0924. The first kappa shape index (κ1) is 26.2. The second-order valence-electron chi connectivity index (χ2n) is 10.9. The van der Waals surface area contributed by atoms with Gasteiger partial charge in [-0.1, -0.05) is 29.3 Å². The van der Waals surface area contributed by atoms with E-state index in [9.17, 15) is 4.79 Å². The second kappa shape index (κ2) is 11.5. The fourth-order valence-corrected chi connectivity index (χ4v) is 6.49. The maximum atomic E-state index is 12.7. The Bertz CT molecular complexity index is 1130. The van der Waals surface area contributed by atoms with Gasteiger partial charge in [-0.3, -0.25) is 4.79 Å². The maximum Gasteiger partial charge on any atom is 0.251 e. The van der Waals surface area contributed by atoms with Crippen LogP contribution in [0.1, 0.15) is 49.0 Å². The largest absolute Gasteiger partial charge is 0.371 e. The van der Waals surface area contributed by atoms with Crippen molar-refractivity contribution in [3.8, 4) is 0 Å². The summed E-state index contributed by atoms with van der Waals surface area (Å²) in [5.41, 5.74) is 2.59. The Balaban J connectivity index is 1.22. The molecule has 2 heterocycles. The summed E-state index contributed by atoms with van der Waals surface area (Å²) in [6, 6.07) is 14.7. The molecule has 2 bridgehead atoms. The van der Waals surface area contributed by atoms with Crippen molar-refractivity contribution in [1.82, 2.24) is 20.4 Å². The average molecular weight is 543 g/mol. The molecule has 3 N–H and O–H groups in total. The Labute approximate surface area is 230 Å². The lowest BCUT2D eigenvalue weighted by Gasteiger charge is -2.40. The predicted octanol–water partition coefficient (Wildman–Crippen LogP) is 5.34. The average Bonchev–Trinajstić information content (AvgIpc) is 3.48. The molecule has 1 aliphatic carbocycles. The molecule has 0 radical (unpaired) electrons. The van der Waals surface area contributed by atoms with E-state index in [4.69, 9.17) is 23.2 Å². The van der Waals surface area contributed by atoms with E-state index in [2.05, 4.69) is 45.8 Å². The van der Waals surface area contributed by atoms with Crippen molar-refractivity contribution < 1.29 is 4.79 Å². The minimum absolute atomic E-state index is 0.0924. The van der Waals surface area contributed by atoms with Crippen LogP contribution in [0.15, 0.2) is 54.5 Å². The van der Waals surface area contributed by atoms with Crippen LogP contribution in [0.2, 0.25) is 10.0 Å². The quantitative estimate of drug-likeness (QED) is 0.420. The van der Waals surface area contributed by atoms with Crippen LogP contribution in [0.4, 0.5) is 5.69 Å². The topological polar surface area (TPSA) is 59.6 Å². The van der Waals surface area contributed by atoms with Crippen LogP contribution < -0.4 is 16.0 Å². The van der Waals surface area contributed by atoms with Crippen molar-refractivity contribution in [1.29, 1.82) is 0 Å². The number of hydrogen-bond acceptors (Lipinski definition) is 5. The van der Waals surface area contributed by atoms with Crippen molar-refractivity contribution >= 4 is 34.8 Å². The number of carbonyl (C=O) groups is 1. The van der Waals surface area contributed by atoms with E-state index in [1.165, 1.54) is 19.3 Å². The number of benzene rings is 2. The minimum Gasteiger partial charge on any atom is -0.371 e. The Kier molecular flexibility index (Phi) is 8.18. The van der Waals surface area contributed by atoms with Crippen molar-refractivity contribution in [3.05, 3.63) is 75.7 Å². The number of hydrogen-bond donors (Lipinski definition) is 3. The van der Waals surface area contributed by atoms with Crippen LogP contribution in [-0.4, -0.2) is 60.0 Å². The van der Waals surface area contributed by atoms with Gasteiger partial charge in [0, 0.05) is 71.8 Å². The number of nitrogens with zero attached hydrogens (tertiary/aromatic N) is 2. The summed E-state index contributed by atoms with van der Waals surface area (Å²) in [6.07, 6.45) is 6.99. The van der Waals surface area contributed by atoms with Crippen molar-refractivity contribution in [2.75, 3.05) is 31.5 Å². The number of carbonyl (C=O) groups excluding carboxylic acids is 1. The molecule has 3 fully saturated rings. The summed E-state index contributed by atoms with van der Waals surface area (Å²) >= 11 is 12.2. The summed E-state index contributed by atoms with van der Waals surface area (Å²) in [5.74, 6) is 1.90. The zero-order chi connectivity index (χ0) is 25.9. The number of nitrogens with one attached hydrogen (secondary N) is 3. The van der Waals surface area contributed by atoms with E-state index >= 15 is 0 Å². The number of piperazine rings is 1. The van der Waals surface area contributed by atoms with Crippen LogP contribution in [0.5, 0.6) is 0 Å². The van der Waals surface area contributed by atoms with E-state index in [0.29, 0.717) is 46.7 Å².